The summed E-state index contributed by atoms with van der Waals surface area (Å²) in [7, 11) is -1.36. The number of carboxylic acids is 1. The van der Waals surface area contributed by atoms with Crippen molar-refractivity contribution >= 4 is 62.1 Å². The first-order valence-electron chi connectivity index (χ1n) is 24.7. The lowest BCUT2D eigenvalue weighted by molar-refractivity contribution is 0.0535. The van der Waals surface area contributed by atoms with Crippen LogP contribution in [-0.4, -0.2) is 95.2 Å². The van der Waals surface area contributed by atoms with Crippen molar-refractivity contribution in [2.75, 3.05) is 20.3 Å². The van der Waals surface area contributed by atoms with E-state index in [0.29, 0.717) is 29.9 Å². The van der Waals surface area contributed by atoms with Gasteiger partial charge in [0.25, 0.3) is 11.1 Å². The van der Waals surface area contributed by atoms with E-state index in [1.54, 1.807) is 53.7 Å². The van der Waals surface area contributed by atoms with Gasteiger partial charge in [0.2, 0.25) is 0 Å². The highest BCUT2D eigenvalue weighted by Gasteiger charge is 2.28. The van der Waals surface area contributed by atoms with Crippen LogP contribution in [0.3, 0.4) is 0 Å². The standard InChI is InChI=1S/C28H38N2O6Si.C27H36N2O6Si/c1-9-19-10-11-23-20(14-19)16-24(30(23)27(33)36-28(2,3)4)22-15-21(26(32)34-5)17-29(25(22)31)18-35-12-13-37(6,7)8;1-8-18-9-10-22-19(13-18)15-23(29(22)26(33)35-27(2,3)4)21-14-20(25(31)32)16-28(24(21)30)17-34-11-12-36(5,6)7/h10-11,14-17H,9,12-13,18H2,1-8H3;9-10,13-16H,8,11-12,17H2,1-7H3,(H,31,32). The maximum Gasteiger partial charge on any atom is 0.419 e. The van der Waals surface area contributed by atoms with Crippen LogP contribution in [0, 0.1) is 0 Å². The zero-order chi connectivity index (χ0) is 54.4. The number of hydrogen-bond donors (Lipinski definition) is 1. The molecule has 1 N–H and O–H groups in total. The quantitative estimate of drug-likeness (QED) is 0.0419. The lowest BCUT2D eigenvalue weighted by Crippen LogP contribution is -2.29. The predicted octanol–water partition coefficient (Wildman–Crippen LogP) is 11.7. The molecule has 18 heteroatoms. The molecule has 0 amide bonds. The van der Waals surface area contributed by atoms with Gasteiger partial charge in [-0.1, -0.05) is 65.3 Å². The van der Waals surface area contributed by atoms with Crippen molar-refractivity contribution in [3.05, 3.63) is 116 Å². The van der Waals surface area contributed by atoms with Crippen molar-refractivity contribution in [2.45, 2.75) is 144 Å². The molecule has 0 spiro atoms. The maximum absolute atomic E-state index is 13.7. The average Bonchev–Trinajstić information content (AvgIpc) is 3.86. The Morgan fingerprint density at radius 1 is 0.575 bits per heavy atom. The first-order valence-corrected chi connectivity index (χ1v) is 32.1. The number of aromatic nitrogens is 4. The number of benzene rings is 2. The molecule has 4 aromatic heterocycles. The molecule has 0 radical (unpaired) electrons. The van der Waals surface area contributed by atoms with Gasteiger partial charge in [0.1, 0.15) is 24.7 Å². The van der Waals surface area contributed by atoms with Gasteiger partial charge < -0.3 is 28.8 Å². The van der Waals surface area contributed by atoms with Crippen LogP contribution < -0.4 is 11.1 Å². The third kappa shape index (κ3) is 15.3. The Hall–Kier alpha value is -6.35. The summed E-state index contributed by atoms with van der Waals surface area (Å²) in [6.45, 7) is 29.1. The smallest absolute Gasteiger partial charge is 0.419 e. The van der Waals surface area contributed by atoms with E-state index in [1.165, 1.54) is 49.9 Å². The summed E-state index contributed by atoms with van der Waals surface area (Å²) in [6, 6.07) is 19.6. The molecule has 0 aliphatic rings. The highest BCUT2D eigenvalue weighted by Crippen LogP contribution is 2.32. The van der Waals surface area contributed by atoms with Crippen molar-refractivity contribution in [1.29, 1.82) is 0 Å². The van der Waals surface area contributed by atoms with Crippen LogP contribution in [0.4, 0.5) is 9.59 Å². The molecule has 0 saturated carbocycles. The molecular formula is C55H74N4O12Si2. The van der Waals surface area contributed by atoms with Gasteiger partial charge >= 0.3 is 24.1 Å². The number of carboxylic acid groups (broad SMARTS) is 1. The van der Waals surface area contributed by atoms with E-state index in [1.807, 2.05) is 50.2 Å². The van der Waals surface area contributed by atoms with Crippen LogP contribution in [0.5, 0.6) is 0 Å². The minimum absolute atomic E-state index is 0.0200. The van der Waals surface area contributed by atoms with E-state index in [9.17, 15) is 33.9 Å². The van der Waals surface area contributed by atoms with Crippen molar-refractivity contribution in [3.8, 4) is 22.5 Å². The molecule has 6 aromatic rings. The SMILES string of the molecule is CCc1ccc2c(c1)cc(-c1cc(C(=O)O)cn(COCC[Si](C)(C)C)c1=O)n2C(=O)OC(C)(C)C.CCc1ccc2c(c1)cc(-c1cc(C(=O)OC)cn(COCC[Si](C)(C)C)c1=O)n2C(=O)OC(C)(C)C. The van der Waals surface area contributed by atoms with E-state index < -0.39 is 57.0 Å². The topological polar surface area (TPSA) is 189 Å². The molecule has 0 aliphatic carbocycles. The second kappa shape index (κ2) is 23.2. The van der Waals surface area contributed by atoms with Gasteiger partial charge in [0.15, 0.2) is 0 Å². The van der Waals surface area contributed by atoms with Gasteiger partial charge in [-0.15, -0.1) is 0 Å². The summed E-state index contributed by atoms with van der Waals surface area (Å²) < 4.78 is 33.2. The molecule has 0 unspecified atom stereocenters. The summed E-state index contributed by atoms with van der Waals surface area (Å²) in [6.07, 6.45) is 3.08. The molecule has 0 saturated heterocycles. The second-order valence-electron chi connectivity index (χ2n) is 22.5. The average molecular weight is 1040 g/mol. The Morgan fingerprint density at radius 3 is 1.30 bits per heavy atom. The molecule has 73 heavy (non-hydrogen) atoms. The molecule has 6 rings (SSSR count). The Morgan fingerprint density at radius 2 is 0.959 bits per heavy atom. The van der Waals surface area contributed by atoms with Gasteiger partial charge in [-0.3, -0.25) is 18.7 Å². The zero-order valence-corrected chi connectivity index (χ0v) is 47.3. The van der Waals surface area contributed by atoms with Gasteiger partial charge in [-0.2, -0.15) is 0 Å². The van der Waals surface area contributed by atoms with Gasteiger partial charge in [0, 0.05) is 52.5 Å². The Labute approximate surface area is 429 Å². The maximum atomic E-state index is 13.7. The summed E-state index contributed by atoms with van der Waals surface area (Å²) in [5, 5.41) is 11.3. The fourth-order valence-corrected chi connectivity index (χ4v) is 9.15. The fraction of sp³-hybridized carbons (Fsp3) is 0.455. The number of nitrogens with zero attached hydrogens (tertiary/aromatic N) is 4. The van der Waals surface area contributed by atoms with Gasteiger partial charge in [0.05, 0.1) is 51.8 Å². The molecule has 4 heterocycles. The monoisotopic (exact) mass is 1040 g/mol. The van der Waals surface area contributed by atoms with E-state index in [2.05, 4.69) is 39.3 Å². The van der Waals surface area contributed by atoms with Crippen LogP contribution in [0.25, 0.3) is 44.3 Å². The first kappa shape index (κ1) is 57.6. The van der Waals surface area contributed by atoms with E-state index in [0.717, 1.165) is 46.8 Å². The number of methoxy groups -OCH3 is 1. The van der Waals surface area contributed by atoms with E-state index in [-0.39, 0.29) is 47.0 Å². The number of esters is 1. The zero-order valence-electron chi connectivity index (χ0n) is 45.3. The highest BCUT2D eigenvalue weighted by atomic mass is 28.3. The molecule has 394 valence electrons. The van der Waals surface area contributed by atoms with Gasteiger partial charge in [-0.05, 0) is 126 Å². The number of carbonyl (C=O) groups excluding carboxylic acids is 3. The van der Waals surface area contributed by atoms with Crippen LogP contribution in [0.2, 0.25) is 51.4 Å². The van der Waals surface area contributed by atoms with Crippen LogP contribution in [0.1, 0.15) is 87.2 Å². The Bertz CT molecular complexity index is 3120. The van der Waals surface area contributed by atoms with Crippen LogP contribution in [0.15, 0.2) is 82.6 Å². The Kier molecular flexibility index (Phi) is 18.3. The second-order valence-corrected chi connectivity index (χ2v) is 33.8. The molecule has 0 bridgehead atoms. The molecule has 2 aromatic carbocycles. The van der Waals surface area contributed by atoms with Crippen molar-refractivity contribution in [1.82, 2.24) is 18.3 Å². The first-order chi connectivity index (χ1) is 33.9. The molecule has 0 fully saturated rings. The third-order valence-corrected chi connectivity index (χ3v) is 15.0. The summed E-state index contributed by atoms with van der Waals surface area (Å²) >= 11 is 0. The molecule has 16 nitrogen and oxygen atoms in total. The molecule has 0 atom stereocenters. The number of pyridine rings is 2. The number of aromatic carboxylic acids is 1. The predicted molar refractivity (Wildman–Crippen MR) is 292 cm³/mol. The lowest BCUT2D eigenvalue weighted by atomic mass is 10.1. The number of rotatable bonds is 16. The van der Waals surface area contributed by atoms with Crippen LogP contribution in [-0.2, 0) is 50.0 Å². The normalized spacial score (nSPS) is 12.2. The number of aryl methyl sites for hydroxylation is 2. The number of fused-ring (bicyclic) bond motifs is 2. The number of carbonyl (C=O) groups is 4. The summed E-state index contributed by atoms with van der Waals surface area (Å²) in [5.41, 5.74) is 2.00. The minimum Gasteiger partial charge on any atom is -0.478 e. The number of hydrogen-bond acceptors (Lipinski definition) is 11. The minimum atomic E-state index is -1.33. The Balaban J connectivity index is 0.000000271. The highest BCUT2D eigenvalue weighted by molar-refractivity contribution is 6.76. The summed E-state index contributed by atoms with van der Waals surface area (Å²) in [5.74, 6) is -1.77. The third-order valence-electron chi connectivity index (χ3n) is 11.5. The lowest BCUT2D eigenvalue weighted by Gasteiger charge is -2.21. The van der Waals surface area contributed by atoms with Crippen molar-refractivity contribution in [2.24, 2.45) is 0 Å². The number of ether oxygens (including phenoxy) is 5. The van der Waals surface area contributed by atoms with Gasteiger partial charge in [-0.25, -0.2) is 28.3 Å². The van der Waals surface area contributed by atoms with Crippen LogP contribution >= 0.6 is 0 Å². The fourth-order valence-electron chi connectivity index (χ4n) is 7.63. The largest absolute Gasteiger partial charge is 0.478 e. The van der Waals surface area contributed by atoms with Crippen molar-refractivity contribution < 1.29 is 48.0 Å². The summed E-state index contributed by atoms with van der Waals surface area (Å²) in [4.78, 5) is 78.3. The molecular weight excluding hydrogens is 965 g/mol. The molecule has 0 aliphatic heterocycles. The van der Waals surface area contributed by atoms with Crippen molar-refractivity contribution in [3.63, 3.8) is 0 Å². The van der Waals surface area contributed by atoms with E-state index >= 15 is 0 Å². The van der Waals surface area contributed by atoms with E-state index in [4.69, 9.17) is 23.7 Å².